The Balaban J connectivity index is 2.51. The molecule has 1 aromatic carbocycles. The molecule has 0 spiro atoms. The number of para-hydroxylation sites is 1. The Kier molecular flexibility index (Phi) is 2.75. The second-order valence-electron chi connectivity index (χ2n) is 3.34. The first-order chi connectivity index (χ1) is 7.65. The van der Waals surface area contributed by atoms with Crippen molar-refractivity contribution in [3.63, 3.8) is 0 Å². The van der Waals surface area contributed by atoms with Gasteiger partial charge in [0.05, 0.1) is 5.69 Å². The van der Waals surface area contributed by atoms with E-state index in [4.69, 9.17) is 11.6 Å². The zero-order valence-electron chi connectivity index (χ0n) is 8.61. The van der Waals surface area contributed by atoms with E-state index in [2.05, 4.69) is 4.99 Å². The highest BCUT2D eigenvalue weighted by Crippen LogP contribution is 2.28. The van der Waals surface area contributed by atoms with Gasteiger partial charge in [0.15, 0.2) is 0 Å². The van der Waals surface area contributed by atoms with Gasteiger partial charge in [0.2, 0.25) is 5.24 Å². The highest BCUT2D eigenvalue weighted by molar-refractivity contribution is 6.65. The molecule has 5 heteroatoms. The number of hydrogen-bond acceptors (Lipinski definition) is 3. The zero-order chi connectivity index (χ0) is 11.7. The summed E-state index contributed by atoms with van der Waals surface area (Å²) in [5, 5.41) is -0.569. The summed E-state index contributed by atoms with van der Waals surface area (Å²) in [4.78, 5) is 28.1. The molecule has 4 nitrogen and oxygen atoms in total. The topological polar surface area (TPSA) is 49.7 Å². The molecule has 0 radical (unpaired) electrons. The molecule has 2 rings (SSSR count). The quantitative estimate of drug-likeness (QED) is 0.725. The first-order valence-electron chi connectivity index (χ1n) is 4.71. The summed E-state index contributed by atoms with van der Waals surface area (Å²) in [6.07, 6.45) is 0. The second-order valence-corrected chi connectivity index (χ2v) is 3.76. The van der Waals surface area contributed by atoms with Gasteiger partial charge in [-0.15, -0.1) is 0 Å². The summed E-state index contributed by atoms with van der Waals surface area (Å²) < 4.78 is 0. The van der Waals surface area contributed by atoms with E-state index in [1.807, 2.05) is 6.07 Å². The third-order valence-corrected chi connectivity index (χ3v) is 2.52. The van der Waals surface area contributed by atoms with Crippen LogP contribution in [0.5, 0.6) is 0 Å². The molecule has 0 saturated carbocycles. The van der Waals surface area contributed by atoms with Crippen LogP contribution in [-0.4, -0.2) is 30.5 Å². The Hall–Kier alpha value is -1.68. The van der Waals surface area contributed by atoms with Crippen LogP contribution in [0.3, 0.4) is 0 Å². The lowest BCUT2D eigenvalue weighted by atomic mass is 10.1. The fourth-order valence-electron chi connectivity index (χ4n) is 1.76. The fourth-order valence-corrected chi connectivity index (χ4v) is 1.88. The summed E-state index contributed by atoms with van der Waals surface area (Å²) in [5.41, 5.74) is 1.79. The lowest BCUT2D eigenvalue weighted by molar-refractivity contribution is -0.115. The summed E-state index contributed by atoms with van der Waals surface area (Å²) in [6.45, 7) is -0.129. The van der Waals surface area contributed by atoms with Gasteiger partial charge in [-0.1, -0.05) is 18.2 Å². The minimum atomic E-state index is -0.569. The van der Waals surface area contributed by atoms with E-state index in [0.717, 1.165) is 5.56 Å². The monoisotopic (exact) mass is 236 g/mol. The molecule has 1 heterocycles. The van der Waals surface area contributed by atoms with Gasteiger partial charge < -0.3 is 0 Å². The number of carbonyl (C=O) groups excluding carboxylic acids is 2. The largest absolute Gasteiger partial charge is 0.298 e. The Labute approximate surface area is 97.5 Å². The van der Waals surface area contributed by atoms with Crippen molar-refractivity contribution in [2.45, 2.75) is 0 Å². The Morgan fingerprint density at radius 1 is 1.44 bits per heavy atom. The van der Waals surface area contributed by atoms with Crippen molar-refractivity contribution in [1.29, 1.82) is 0 Å². The Morgan fingerprint density at radius 2 is 2.12 bits per heavy atom. The average molecular weight is 237 g/mol. The molecule has 1 amide bonds. The second kappa shape index (κ2) is 4.06. The number of nitrogens with zero attached hydrogens (tertiary/aromatic N) is 2. The van der Waals surface area contributed by atoms with Crippen LogP contribution in [0.2, 0.25) is 0 Å². The minimum Gasteiger partial charge on any atom is -0.298 e. The number of carbonyl (C=O) groups is 2. The number of amides is 1. The van der Waals surface area contributed by atoms with Crippen molar-refractivity contribution >= 4 is 34.1 Å². The number of aliphatic imine (C=N–C) groups is 1. The number of benzene rings is 1. The number of rotatable bonds is 2. The average Bonchev–Trinajstić information content (AvgIpc) is 2.52. The van der Waals surface area contributed by atoms with E-state index < -0.39 is 5.24 Å². The maximum absolute atomic E-state index is 11.9. The normalized spacial score (nSPS) is 16.8. The van der Waals surface area contributed by atoms with Crippen molar-refractivity contribution < 1.29 is 9.59 Å². The van der Waals surface area contributed by atoms with Crippen LogP contribution in [-0.2, 0) is 9.59 Å². The van der Waals surface area contributed by atoms with Crippen molar-refractivity contribution in [1.82, 2.24) is 0 Å². The van der Waals surface area contributed by atoms with Crippen molar-refractivity contribution in [3.05, 3.63) is 29.8 Å². The van der Waals surface area contributed by atoms with Crippen LogP contribution in [0.15, 0.2) is 29.3 Å². The van der Waals surface area contributed by atoms with Crippen LogP contribution in [0.1, 0.15) is 5.56 Å². The molecule has 0 fully saturated rings. The lowest BCUT2D eigenvalue weighted by Crippen LogP contribution is -2.33. The van der Waals surface area contributed by atoms with Crippen LogP contribution >= 0.6 is 11.6 Å². The van der Waals surface area contributed by atoms with Crippen LogP contribution in [0, 0.1) is 0 Å². The molecule has 1 aromatic rings. The molecule has 0 aromatic heterocycles. The Bertz CT molecular complexity index is 497. The van der Waals surface area contributed by atoms with Gasteiger partial charge in [0, 0.05) is 12.6 Å². The highest BCUT2D eigenvalue weighted by Gasteiger charge is 2.33. The van der Waals surface area contributed by atoms with E-state index in [0.29, 0.717) is 11.4 Å². The van der Waals surface area contributed by atoms with Gasteiger partial charge in [-0.2, -0.15) is 0 Å². The standard InChI is InChI=1S/C11H9ClN2O2/c1-13-10-7-4-2-3-5-8(7)14(11(10)16)6-9(12)15/h2-5H,6H2,1H3. The molecule has 1 aliphatic rings. The summed E-state index contributed by atoms with van der Waals surface area (Å²) in [6, 6.07) is 7.19. The first-order valence-corrected chi connectivity index (χ1v) is 5.09. The van der Waals surface area contributed by atoms with Crippen LogP contribution < -0.4 is 4.90 Å². The number of anilines is 1. The maximum atomic E-state index is 11.9. The maximum Gasteiger partial charge on any atom is 0.277 e. The molecule has 0 atom stereocenters. The lowest BCUT2D eigenvalue weighted by Gasteiger charge is -2.13. The zero-order valence-corrected chi connectivity index (χ0v) is 9.36. The van der Waals surface area contributed by atoms with Gasteiger partial charge in [0.1, 0.15) is 12.3 Å². The predicted molar refractivity (Wildman–Crippen MR) is 62.1 cm³/mol. The number of hydrogen-bond donors (Lipinski definition) is 0. The Morgan fingerprint density at radius 3 is 2.75 bits per heavy atom. The third kappa shape index (κ3) is 1.61. The van der Waals surface area contributed by atoms with E-state index in [1.54, 1.807) is 25.2 Å². The van der Waals surface area contributed by atoms with Gasteiger partial charge in [-0.3, -0.25) is 19.5 Å². The number of fused-ring (bicyclic) bond motifs is 1. The van der Waals surface area contributed by atoms with Crippen molar-refractivity contribution in [2.24, 2.45) is 4.99 Å². The molecule has 1 aliphatic heterocycles. The third-order valence-electron chi connectivity index (χ3n) is 2.40. The summed E-state index contributed by atoms with van der Waals surface area (Å²) >= 11 is 5.31. The summed E-state index contributed by atoms with van der Waals surface area (Å²) in [7, 11) is 1.55. The fraction of sp³-hybridized carbons (Fsp3) is 0.182. The molecule has 82 valence electrons. The predicted octanol–water partition coefficient (Wildman–Crippen LogP) is 1.22. The molecule has 0 saturated heterocycles. The van der Waals surface area contributed by atoms with E-state index in [1.165, 1.54) is 4.90 Å². The molecule has 0 aliphatic carbocycles. The van der Waals surface area contributed by atoms with Gasteiger partial charge in [-0.25, -0.2) is 0 Å². The SMILES string of the molecule is CN=C1C(=O)N(CC(=O)Cl)c2ccccc21. The molecule has 0 unspecified atom stereocenters. The van der Waals surface area contributed by atoms with E-state index in [-0.39, 0.29) is 12.5 Å². The van der Waals surface area contributed by atoms with Crippen LogP contribution in [0.25, 0.3) is 0 Å². The molecule has 0 N–H and O–H groups in total. The molecule has 0 bridgehead atoms. The smallest absolute Gasteiger partial charge is 0.277 e. The molecular weight excluding hydrogens is 228 g/mol. The number of halogens is 1. The first kappa shape index (κ1) is 10.8. The van der Waals surface area contributed by atoms with Gasteiger partial charge in [-0.05, 0) is 17.7 Å². The van der Waals surface area contributed by atoms with Crippen molar-refractivity contribution in [2.75, 3.05) is 18.5 Å². The molecule has 16 heavy (non-hydrogen) atoms. The summed E-state index contributed by atoms with van der Waals surface area (Å²) in [5.74, 6) is -0.280. The van der Waals surface area contributed by atoms with E-state index in [9.17, 15) is 9.59 Å². The van der Waals surface area contributed by atoms with Crippen molar-refractivity contribution in [3.8, 4) is 0 Å². The van der Waals surface area contributed by atoms with Gasteiger partial charge in [0.25, 0.3) is 5.91 Å². The van der Waals surface area contributed by atoms with Crippen LogP contribution in [0.4, 0.5) is 5.69 Å². The highest BCUT2D eigenvalue weighted by atomic mass is 35.5. The van der Waals surface area contributed by atoms with Gasteiger partial charge >= 0.3 is 0 Å². The minimum absolute atomic E-state index is 0.129. The van der Waals surface area contributed by atoms with E-state index >= 15 is 0 Å². The molecular formula is C11H9ClN2O2.